The van der Waals surface area contributed by atoms with E-state index in [1.54, 1.807) is 17.6 Å². The minimum absolute atomic E-state index is 0.182. The van der Waals surface area contributed by atoms with Gasteiger partial charge < -0.3 is 9.47 Å². The Labute approximate surface area is 107 Å². The van der Waals surface area contributed by atoms with E-state index in [9.17, 15) is 4.79 Å². The van der Waals surface area contributed by atoms with Gasteiger partial charge in [0.15, 0.2) is 11.5 Å². The van der Waals surface area contributed by atoms with Gasteiger partial charge in [-0.25, -0.2) is 0 Å². The second-order valence-corrected chi connectivity index (χ2v) is 4.43. The summed E-state index contributed by atoms with van der Waals surface area (Å²) in [6.07, 6.45) is -0.677. The molecule has 3 rings (SSSR count). The van der Waals surface area contributed by atoms with Crippen molar-refractivity contribution in [1.29, 1.82) is 0 Å². The van der Waals surface area contributed by atoms with E-state index in [1.807, 2.05) is 12.1 Å². The van der Waals surface area contributed by atoms with Crippen LogP contribution in [0.5, 0.6) is 11.5 Å². The van der Waals surface area contributed by atoms with Crippen molar-refractivity contribution in [2.75, 3.05) is 11.9 Å². The molecule has 0 radical (unpaired) electrons. The monoisotopic (exact) mass is 263 g/mol. The largest absolute Gasteiger partial charge is 0.485 e. The molecule has 0 saturated carbocycles. The van der Waals surface area contributed by atoms with Gasteiger partial charge >= 0.3 is 0 Å². The zero-order chi connectivity index (χ0) is 12.4. The van der Waals surface area contributed by atoms with E-state index in [-0.39, 0.29) is 12.5 Å². The number of fused-ring (bicyclic) bond motifs is 1. The minimum atomic E-state index is -0.677. The Morgan fingerprint density at radius 3 is 3.00 bits per heavy atom. The van der Waals surface area contributed by atoms with E-state index < -0.39 is 6.10 Å². The highest BCUT2D eigenvalue weighted by Gasteiger charge is 2.27. The highest BCUT2D eigenvalue weighted by atomic mass is 32.1. The molecule has 1 aromatic carbocycles. The number of rotatable bonds is 2. The molecule has 0 spiro atoms. The van der Waals surface area contributed by atoms with Gasteiger partial charge in [0.2, 0.25) is 11.2 Å². The summed E-state index contributed by atoms with van der Waals surface area (Å²) in [7, 11) is 0. The van der Waals surface area contributed by atoms with Gasteiger partial charge in [-0.1, -0.05) is 23.5 Å². The fourth-order valence-electron chi connectivity index (χ4n) is 1.56. The molecule has 0 fully saturated rings. The van der Waals surface area contributed by atoms with Crippen LogP contribution in [0.4, 0.5) is 5.13 Å². The lowest BCUT2D eigenvalue weighted by Crippen LogP contribution is -2.40. The van der Waals surface area contributed by atoms with E-state index in [2.05, 4.69) is 15.5 Å². The van der Waals surface area contributed by atoms with Crippen LogP contribution < -0.4 is 14.8 Å². The van der Waals surface area contributed by atoms with E-state index >= 15 is 0 Å². The predicted molar refractivity (Wildman–Crippen MR) is 64.9 cm³/mol. The first kappa shape index (κ1) is 11.0. The average Bonchev–Trinajstić information content (AvgIpc) is 2.91. The summed E-state index contributed by atoms with van der Waals surface area (Å²) in [6, 6.07) is 7.24. The number of anilines is 1. The second-order valence-electron chi connectivity index (χ2n) is 3.60. The molecule has 2 heterocycles. The number of nitrogens with one attached hydrogen (secondary N) is 1. The van der Waals surface area contributed by atoms with Gasteiger partial charge in [0, 0.05) is 0 Å². The summed E-state index contributed by atoms with van der Waals surface area (Å²) in [6.45, 7) is 0.182. The van der Waals surface area contributed by atoms with Crippen LogP contribution in [-0.2, 0) is 4.79 Å². The van der Waals surface area contributed by atoms with E-state index in [1.165, 1.54) is 11.3 Å². The first-order valence-corrected chi connectivity index (χ1v) is 6.16. The van der Waals surface area contributed by atoms with Gasteiger partial charge in [-0.3, -0.25) is 10.1 Å². The highest BCUT2D eigenvalue weighted by molar-refractivity contribution is 7.13. The number of hydrogen-bond acceptors (Lipinski definition) is 6. The molecule has 1 aliphatic heterocycles. The Morgan fingerprint density at radius 1 is 1.39 bits per heavy atom. The third-order valence-electron chi connectivity index (χ3n) is 2.39. The highest BCUT2D eigenvalue weighted by Crippen LogP contribution is 2.31. The van der Waals surface area contributed by atoms with Crippen LogP contribution in [0.15, 0.2) is 29.8 Å². The van der Waals surface area contributed by atoms with Crippen LogP contribution in [0.3, 0.4) is 0 Å². The van der Waals surface area contributed by atoms with Gasteiger partial charge in [-0.15, -0.1) is 10.2 Å². The van der Waals surface area contributed by atoms with Crippen LogP contribution in [0.2, 0.25) is 0 Å². The average molecular weight is 263 g/mol. The number of benzene rings is 1. The van der Waals surface area contributed by atoms with Crippen molar-refractivity contribution in [3.63, 3.8) is 0 Å². The standard InChI is InChI=1S/C11H9N3O3S/c15-10(13-11-14-12-6-18-11)9-5-16-7-3-1-2-4-8(7)17-9/h1-4,6,9H,5H2,(H,13,14,15)/t9-/m0/s1. The van der Waals surface area contributed by atoms with Crippen molar-refractivity contribution in [3.8, 4) is 11.5 Å². The van der Waals surface area contributed by atoms with Crippen molar-refractivity contribution in [3.05, 3.63) is 29.8 Å². The van der Waals surface area contributed by atoms with Gasteiger partial charge in [0.25, 0.3) is 5.91 Å². The van der Waals surface area contributed by atoms with Crippen LogP contribution in [0, 0.1) is 0 Å². The summed E-state index contributed by atoms with van der Waals surface area (Å²) < 4.78 is 11.0. The van der Waals surface area contributed by atoms with Crippen molar-refractivity contribution >= 4 is 22.4 Å². The van der Waals surface area contributed by atoms with E-state index in [0.717, 1.165) is 0 Å². The number of para-hydroxylation sites is 2. The van der Waals surface area contributed by atoms with Crippen LogP contribution in [0.25, 0.3) is 0 Å². The normalized spacial score (nSPS) is 17.2. The first-order valence-electron chi connectivity index (χ1n) is 5.28. The van der Waals surface area contributed by atoms with Crippen molar-refractivity contribution in [1.82, 2.24) is 10.2 Å². The fraction of sp³-hybridized carbons (Fsp3) is 0.182. The number of hydrogen-bond donors (Lipinski definition) is 1. The third kappa shape index (κ3) is 2.12. The van der Waals surface area contributed by atoms with Gasteiger partial charge in [0.05, 0.1) is 0 Å². The summed E-state index contributed by atoms with van der Waals surface area (Å²) in [5.74, 6) is 0.930. The number of ether oxygens (including phenoxy) is 2. The van der Waals surface area contributed by atoms with Crippen LogP contribution in [0.1, 0.15) is 0 Å². The number of aromatic nitrogens is 2. The van der Waals surface area contributed by atoms with Gasteiger partial charge in [0.1, 0.15) is 12.1 Å². The Balaban J connectivity index is 1.70. The van der Waals surface area contributed by atoms with Gasteiger partial charge in [-0.05, 0) is 12.1 Å². The molecule has 1 N–H and O–H groups in total. The number of nitrogens with zero attached hydrogens (tertiary/aromatic N) is 2. The molecule has 2 aromatic rings. The molecule has 18 heavy (non-hydrogen) atoms. The molecule has 0 saturated heterocycles. The molecular weight excluding hydrogens is 254 g/mol. The molecule has 0 bridgehead atoms. The maximum Gasteiger partial charge on any atom is 0.270 e. The van der Waals surface area contributed by atoms with Gasteiger partial charge in [-0.2, -0.15) is 0 Å². The smallest absolute Gasteiger partial charge is 0.270 e. The Hall–Kier alpha value is -2.15. The maximum atomic E-state index is 11.9. The molecule has 7 heteroatoms. The Bertz CT molecular complexity index is 558. The fourth-order valence-corrected chi connectivity index (χ4v) is 2.01. The summed E-state index contributed by atoms with van der Waals surface area (Å²) in [4.78, 5) is 11.9. The second kappa shape index (κ2) is 4.61. The number of carbonyl (C=O) groups excluding carboxylic acids is 1. The number of carbonyl (C=O) groups is 1. The van der Waals surface area contributed by atoms with Crippen LogP contribution >= 0.6 is 11.3 Å². The van der Waals surface area contributed by atoms with Crippen molar-refractivity contribution < 1.29 is 14.3 Å². The van der Waals surface area contributed by atoms with Crippen LogP contribution in [-0.4, -0.2) is 28.8 Å². The molecule has 1 atom stereocenters. The SMILES string of the molecule is O=C(Nc1nncs1)[C@@H]1COc2ccccc2O1. The lowest BCUT2D eigenvalue weighted by molar-refractivity contribution is -0.125. The van der Waals surface area contributed by atoms with E-state index in [0.29, 0.717) is 16.6 Å². The summed E-state index contributed by atoms with van der Waals surface area (Å²) in [5.41, 5.74) is 1.54. The Morgan fingerprint density at radius 2 is 2.22 bits per heavy atom. The molecule has 1 amide bonds. The Kier molecular flexibility index (Phi) is 2.81. The summed E-state index contributed by atoms with van der Waals surface area (Å²) in [5, 5.41) is 10.4. The molecule has 92 valence electrons. The molecular formula is C11H9N3O3S. The molecule has 0 aliphatic carbocycles. The lowest BCUT2D eigenvalue weighted by atomic mass is 10.2. The lowest BCUT2D eigenvalue weighted by Gasteiger charge is -2.25. The summed E-state index contributed by atoms with van der Waals surface area (Å²) >= 11 is 1.25. The molecule has 1 aromatic heterocycles. The molecule has 0 unspecified atom stereocenters. The quantitative estimate of drug-likeness (QED) is 0.884. The predicted octanol–water partition coefficient (Wildman–Crippen LogP) is 1.32. The zero-order valence-corrected chi connectivity index (χ0v) is 10.0. The van der Waals surface area contributed by atoms with E-state index in [4.69, 9.17) is 9.47 Å². The van der Waals surface area contributed by atoms with Crippen molar-refractivity contribution in [2.24, 2.45) is 0 Å². The number of amides is 1. The molecule has 1 aliphatic rings. The van der Waals surface area contributed by atoms with Crippen molar-refractivity contribution in [2.45, 2.75) is 6.10 Å². The third-order valence-corrected chi connectivity index (χ3v) is 3.00. The maximum absolute atomic E-state index is 11.9. The first-order chi connectivity index (χ1) is 8.83. The molecule has 6 nitrogen and oxygen atoms in total. The minimum Gasteiger partial charge on any atom is -0.485 e. The topological polar surface area (TPSA) is 73.3 Å². The zero-order valence-electron chi connectivity index (χ0n) is 9.20.